The summed E-state index contributed by atoms with van der Waals surface area (Å²) in [4.78, 5) is 0. The van der Waals surface area contributed by atoms with E-state index < -0.39 is 0 Å². The fourth-order valence-corrected chi connectivity index (χ4v) is 2.44. The summed E-state index contributed by atoms with van der Waals surface area (Å²) < 4.78 is 0. The van der Waals surface area contributed by atoms with Crippen molar-refractivity contribution in [1.82, 2.24) is 0 Å². The summed E-state index contributed by atoms with van der Waals surface area (Å²) >= 11 is 29.9. The number of halogens is 5. The highest BCUT2D eigenvalue weighted by atomic mass is 35.5. The average molecular weight is 326 g/mol. The Balaban J connectivity index is 2.65. The summed E-state index contributed by atoms with van der Waals surface area (Å²) in [5.41, 5.74) is 1.54. The van der Waals surface area contributed by atoms with Crippen LogP contribution in [0, 0.1) is 0 Å². The van der Waals surface area contributed by atoms with Crippen molar-refractivity contribution in [1.29, 1.82) is 0 Å². The zero-order valence-electron chi connectivity index (χ0n) is 8.28. The lowest BCUT2D eigenvalue weighted by Gasteiger charge is -2.08. The van der Waals surface area contributed by atoms with Crippen molar-refractivity contribution in [3.63, 3.8) is 0 Å². The van der Waals surface area contributed by atoms with Gasteiger partial charge in [0.2, 0.25) is 0 Å². The van der Waals surface area contributed by atoms with Crippen molar-refractivity contribution in [3.05, 3.63) is 55.4 Å². The molecule has 2 rings (SSSR count). The highest BCUT2D eigenvalue weighted by molar-refractivity contribution is 6.48. The topological polar surface area (TPSA) is 0 Å². The van der Waals surface area contributed by atoms with Crippen molar-refractivity contribution in [2.45, 2.75) is 0 Å². The second kappa shape index (κ2) is 5.26. The van der Waals surface area contributed by atoms with Gasteiger partial charge in [-0.3, -0.25) is 0 Å². The van der Waals surface area contributed by atoms with Gasteiger partial charge in [-0.05, 0) is 23.8 Å². The molecule has 0 atom stereocenters. The zero-order chi connectivity index (χ0) is 12.6. The van der Waals surface area contributed by atoms with Gasteiger partial charge in [-0.25, -0.2) is 0 Å². The molecule has 0 saturated heterocycles. The Morgan fingerprint density at radius 1 is 0.647 bits per heavy atom. The van der Waals surface area contributed by atoms with Crippen LogP contribution in [0.15, 0.2) is 30.3 Å². The van der Waals surface area contributed by atoms with Crippen molar-refractivity contribution in [2.24, 2.45) is 0 Å². The highest BCUT2D eigenvalue weighted by Gasteiger charge is 2.11. The summed E-state index contributed by atoms with van der Waals surface area (Å²) in [7, 11) is 0. The maximum atomic E-state index is 6.12. The molecule has 0 radical (unpaired) electrons. The lowest BCUT2D eigenvalue weighted by molar-refractivity contribution is 1.61. The lowest BCUT2D eigenvalue weighted by atomic mass is 10.1. The van der Waals surface area contributed by atoms with Crippen molar-refractivity contribution in [2.75, 3.05) is 0 Å². The number of rotatable bonds is 1. The van der Waals surface area contributed by atoms with Crippen LogP contribution >= 0.6 is 58.0 Å². The molecule has 2 aromatic rings. The lowest BCUT2D eigenvalue weighted by Crippen LogP contribution is -1.82. The van der Waals surface area contributed by atoms with Crippen molar-refractivity contribution in [3.8, 4) is 11.1 Å². The van der Waals surface area contributed by atoms with Gasteiger partial charge in [0.25, 0.3) is 0 Å². The van der Waals surface area contributed by atoms with E-state index in [4.69, 9.17) is 58.0 Å². The molecule has 88 valence electrons. The van der Waals surface area contributed by atoms with Crippen LogP contribution in [-0.2, 0) is 0 Å². The molecule has 0 nitrogen and oxygen atoms in total. The molecule has 0 bridgehead atoms. The fourth-order valence-electron chi connectivity index (χ4n) is 1.44. The standard InChI is InChI=1S/C12H5Cl5/c13-8-3-1-2-7(11(8)16)6-4-9(14)12(17)10(15)5-6/h1-5H. The summed E-state index contributed by atoms with van der Waals surface area (Å²) in [6.45, 7) is 0. The highest BCUT2D eigenvalue weighted by Crippen LogP contribution is 2.39. The molecular formula is C12H5Cl5. The Bertz CT molecular complexity index is 554. The minimum absolute atomic E-state index is 0.329. The van der Waals surface area contributed by atoms with Gasteiger partial charge in [0.05, 0.1) is 25.1 Å². The molecule has 0 aromatic heterocycles. The second-order valence-electron chi connectivity index (χ2n) is 3.36. The Morgan fingerprint density at radius 3 is 1.82 bits per heavy atom. The first-order chi connectivity index (χ1) is 8.00. The Kier molecular flexibility index (Phi) is 4.12. The third kappa shape index (κ3) is 2.67. The van der Waals surface area contributed by atoms with Gasteiger partial charge in [-0.2, -0.15) is 0 Å². The largest absolute Gasteiger partial charge is 0.0827 e. The minimum Gasteiger partial charge on any atom is -0.0827 e. The predicted octanol–water partition coefficient (Wildman–Crippen LogP) is 6.62. The third-order valence-electron chi connectivity index (χ3n) is 2.25. The molecular weight excluding hydrogens is 321 g/mol. The summed E-state index contributed by atoms with van der Waals surface area (Å²) in [5.74, 6) is 0. The van der Waals surface area contributed by atoms with Gasteiger partial charge < -0.3 is 0 Å². The quantitative estimate of drug-likeness (QED) is 0.517. The van der Waals surface area contributed by atoms with Crippen LogP contribution in [-0.4, -0.2) is 0 Å². The van der Waals surface area contributed by atoms with E-state index in [0.717, 1.165) is 11.1 Å². The van der Waals surface area contributed by atoms with Gasteiger partial charge in [-0.1, -0.05) is 70.1 Å². The van der Waals surface area contributed by atoms with Gasteiger partial charge in [-0.15, -0.1) is 0 Å². The van der Waals surface area contributed by atoms with Crippen LogP contribution in [0.2, 0.25) is 25.1 Å². The number of hydrogen-bond donors (Lipinski definition) is 0. The van der Waals surface area contributed by atoms with Crippen LogP contribution in [0.5, 0.6) is 0 Å². The third-order valence-corrected chi connectivity index (χ3v) is 4.26. The van der Waals surface area contributed by atoms with E-state index in [1.54, 1.807) is 24.3 Å². The molecule has 0 fully saturated rings. The number of benzene rings is 2. The summed E-state index contributed by atoms with van der Waals surface area (Å²) in [6.07, 6.45) is 0. The predicted molar refractivity (Wildman–Crippen MR) is 76.9 cm³/mol. The summed E-state index contributed by atoms with van der Waals surface area (Å²) in [6, 6.07) is 8.76. The molecule has 0 aliphatic heterocycles. The SMILES string of the molecule is Clc1cc(-c2cccc(Cl)c2Cl)cc(Cl)c1Cl. The van der Waals surface area contributed by atoms with Crippen molar-refractivity contribution < 1.29 is 0 Å². The van der Waals surface area contributed by atoms with Crippen LogP contribution in [0.25, 0.3) is 11.1 Å². The fraction of sp³-hybridized carbons (Fsp3) is 0. The molecule has 0 aliphatic carbocycles. The van der Waals surface area contributed by atoms with Crippen molar-refractivity contribution >= 4 is 58.0 Å². The zero-order valence-corrected chi connectivity index (χ0v) is 12.1. The molecule has 5 heteroatoms. The monoisotopic (exact) mass is 324 g/mol. The van der Waals surface area contributed by atoms with Crippen LogP contribution in [0.4, 0.5) is 0 Å². The summed E-state index contributed by atoms with van der Waals surface area (Å²) in [5, 5.41) is 2.03. The minimum atomic E-state index is 0.329. The Labute approximate surface area is 124 Å². The molecule has 0 amide bonds. The molecule has 0 unspecified atom stereocenters. The first kappa shape index (κ1) is 13.3. The van der Waals surface area contributed by atoms with E-state index in [0.29, 0.717) is 25.1 Å². The van der Waals surface area contributed by atoms with Gasteiger partial charge in [0, 0.05) is 5.56 Å². The van der Waals surface area contributed by atoms with Crippen LogP contribution in [0.1, 0.15) is 0 Å². The first-order valence-electron chi connectivity index (χ1n) is 4.59. The smallest absolute Gasteiger partial charge is 0.0778 e. The molecule has 0 aliphatic rings. The maximum Gasteiger partial charge on any atom is 0.0778 e. The van der Waals surface area contributed by atoms with Crippen LogP contribution < -0.4 is 0 Å². The molecule has 0 saturated carbocycles. The normalized spacial score (nSPS) is 10.6. The Hall–Kier alpha value is -0.110. The Morgan fingerprint density at radius 2 is 1.24 bits per heavy atom. The molecule has 0 heterocycles. The van der Waals surface area contributed by atoms with Gasteiger partial charge >= 0.3 is 0 Å². The molecule has 0 spiro atoms. The molecule has 0 N–H and O–H groups in total. The van der Waals surface area contributed by atoms with E-state index in [2.05, 4.69) is 0 Å². The number of hydrogen-bond acceptors (Lipinski definition) is 0. The first-order valence-corrected chi connectivity index (χ1v) is 6.48. The molecule has 17 heavy (non-hydrogen) atoms. The average Bonchev–Trinajstić information content (AvgIpc) is 2.29. The van der Waals surface area contributed by atoms with Crippen LogP contribution in [0.3, 0.4) is 0 Å². The molecule has 2 aromatic carbocycles. The second-order valence-corrected chi connectivity index (χ2v) is 5.33. The van der Waals surface area contributed by atoms with E-state index in [9.17, 15) is 0 Å². The van der Waals surface area contributed by atoms with E-state index in [1.807, 2.05) is 6.07 Å². The van der Waals surface area contributed by atoms with E-state index >= 15 is 0 Å². The van der Waals surface area contributed by atoms with E-state index in [1.165, 1.54) is 0 Å². The van der Waals surface area contributed by atoms with Gasteiger partial charge in [0.15, 0.2) is 0 Å². The van der Waals surface area contributed by atoms with Gasteiger partial charge in [0.1, 0.15) is 0 Å². The van der Waals surface area contributed by atoms with E-state index in [-0.39, 0.29) is 0 Å². The maximum absolute atomic E-state index is 6.12.